The second-order valence-corrected chi connectivity index (χ2v) is 9.29. The number of amides is 1. The number of thioether (sulfide) groups is 1. The second-order valence-electron chi connectivity index (χ2n) is 7.87. The van der Waals surface area contributed by atoms with E-state index in [2.05, 4.69) is 38.2 Å². The number of halogens is 1. The third kappa shape index (κ3) is 7.41. The summed E-state index contributed by atoms with van der Waals surface area (Å²) < 4.78 is 5.48. The number of hydrogen-bond acceptors (Lipinski definition) is 4. The lowest BCUT2D eigenvalue weighted by atomic mass is 9.87. The van der Waals surface area contributed by atoms with E-state index in [1.807, 2.05) is 18.4 Å². The SMILES string of the molecule is CSCC[C@@H](NC(=O)c1ccc(Cl)cc1)C(=O)OCc1ccc(C(C)(C)C)cc1. The highest BCUT2D eigenvalue weighted by molar-refractivity contribution is 7.98. The van der Waals surface area contributed by atoms with E-state index < -0.39 is 12.0 Å². The molecule has 0 heterocycles. The normalized spacial score (nSPS) is 12.3. The van der Waals surface area contributed by atoms with Gasteiger partial charge in [0.2, 0.25) is 0 Å². The summed E-state index contributed by atoms with van der Waals surface area (Å²) in [5, 5.41) is 3.34. The Labute approximate surface area is 182 Å². The Morgan fingerprint density at radius 2 is 1.69 bits per heavy atom. The highest BCUT2D eigenvalue weighted by atomic mass is 35.5. The smallest absolute Gasteiger partial charge is 0.329 e. The molecule has 0 saturated carbocycles. The number of nitrogens with one attached hydrogen (secondary N) is 1. The van der Waals surface area contributed by atoms with Crippen molar-refractivity contribution < 1.29 is 14.3 Å². The zero-order valence-electron chi connectivity index (χ0n) is 17.3. The van der Waals surface area contributed by atoms with Crippen LogP contribution in [0.1, 0.15) is 48.7 Å². The zero-order valence-corrected chi connectivity index (χ0v) is 18.9. The third-order valence-corrected chi connectivity index (χ3v) is 5.40. The van der Waals surface area contributed by atoms with Gasteiger partial charge in [-0.2, -0.15) is 11.8 Å². The predicted octanol–water partition coefficient (Wildman–Crippen LogP) is 5.23. The first-order valence-electron chi connectivity index (χ1n) is 9.52. The summed E-state index contributed by atoms with van der Waals surface area (Å²) in [4.78, 5) is 25.1. The minimum Gasteiger partial charge on any atom is -0.459 e. The number of benzene rings is 2. The molecule has 0 aromatic heterocycles. The average Bonchev–Trinajstić information content (AvgIpc) is 2.69. The highest BCUT2D eigenvalue weighted by Crippen LogP contribution is 2.22. The van der Waals surface area contributed by atoms with Crippen LogP contribution in [0.5, 0.6) is 0 Å². The fraction of sp³-hybridized carbons (Fsp3) is 0.391. The van der Waals surface area contributed by atoms with Crippen molar-refractivity contribution in [1.29, 1.82) is 0 Å². The van der Waals surface area contributed by atoms with Crippen LogP contribution in [0.25, 0.3) is 0 Å². The zero-order chi connectivity index (χ0) is 21.4. The Bertz CT molecular complexity index is 814. The number of carbonyl (C=O) groups excluding carboxylic acids is 2. The number of hydrogen-bond donors (Lipinski definition) is 1. The lowest BCUT2D eigenvalue weighted by Crippen LogP contribution is -2.42. The maximum absolute atomic E-state index is 12.6. The average molecular weight is 434 g/mol. The number of ether oxygens (including phenoxy) is 1. The van der Waals surface area contributed by atoms with E-state index >= 15 is 0 Å². The van der Waals surface area contributed by atoms with Crippen molar-refractivity contribution in [2.45, 2.75) is 45.3 Å². The van der Waals surface area contributed by atoms with E-state index in [4.69, 9.17) is 16.3 Å². The van der Waals surface area contributed by atoms with Crippen molar-refractivity contribution >= 4 is 35.2 Å². The Morgan fingerprint density at radius 3 is 2.24 bits per heavy atom. The van der Waals surface area contributed by atoms with Crippen LogP contribution in [0.4, 0.5) is 0 Å². The second kappa shape index (κ2) is 10.7. The molecular weight excluding hydrogens is 406 g/mol. The predicted molar refractivity (Wildman–Crippen MR) is 121 cm³/mol. The van der Waals surface area contributed by atoms with Crippen LogP contribution in [0.2, 0.25) is 5.02 Å². The van der Waals surface area contributed by atoms with E-state index in [1.165, 1.54) is 5.56 Å². The molecule has 1 N–H and O–H groups in total. The van der Waals surface area contributed by atoms with Gasteiger partial charge in [-0.15, -0.1) is 0 Å². The van der Waals surface area contributed by atoms with Gasteiger partial charge in [0.25, 0.3) is 5.91 Å². The standard InChI is InChI=1S/C23H28ClNO3S/c1-23(2,3)18-9-5-16(6-10-18)15-28-22(27)20(13-14-29-4)25-21(26)17-7-11-19(24)12-8-17/h5-12,20H,13-15H2,1-4H3,(H,25,26)/t20-/m1/s1. The molecule has 0 fully saturated rings. The summed E-state index contributed by atoms with van der Waals surface area (Å²) in [5.41, 5.74) is 2.66. The van der Waals surface area contributed by atoms with Crippen LogP contribution in [-0.4, -0.2) is 29.9 Å². The van der Waals surface area contributed by atoms with E-state index in [1.54, 1.807) is 36.0 Å². The van der Waals surface area contributed by atoms with Gasteiger partial charge in [0.1, 0.15) is 12.6 Å². The summed E-state index contributed by atoms with van der Waals surface area (Å²) in [7, 11) is 0. The molecule has 0 spiro atoms. The molecule has 2 aromatic rings. The molecule has 2 rings (SSSR count). The molecule has 0 bridgehead atoms. The summed E-state index contributed by atoms with van der Waals surface area (Å²) in [6.45, 7) is 6.64. The third-order valence-electron chi connectivity index (χ3n) is 4.51. The van der Waals surface area contributed by atoms with E-state index in [9.17, 15) is 9.59 Å². The minimum atomic E-state index is -0.695. The first-order valence-corrected chi connectivity index (χ1v) is 11.3. The van der Waals surface area contributed by atoms with Crippen LogP contribution >= 0.6 is 23.4 Å². The van der Waals surface area contributed by atoms with Gasteiger partial charge < -0.3 is 10.1 Å². The van der Waals surface area contributed by atoms with Crippen molar-refractivity contribution in [3.05, 3.63) is 70.2 Å². The molecule has 29 heavy (non-hydrogen) atoms. The molecule has 6 heteroatoms. The largest absolute Gasteiger partial charge is 0.459 e. The minimum absolute atomic E-state index is 0.0735. The topological polar surface area (TPSA) is 55.4 Å². The van der Waals surface area contributed by atoms with Crippen LogP contribution in [-0.2, 0) is 21.6 Å². The molecule has 2 aromatic carbocycles. The molecule has 156 valence electrons. The van der Waals surface area contributed by atoms with E-state index in [0.717, 1.165) is 11.3 Å². The van der Waals surface area contributed by atoms with E-state index in [0.29, 0.717) is 17.0 Å². The fourth-order valence-electron chi connectivity index (χ4n) is 2.68. The Morgan fingerprint density at radius 1 is 1.07 bits per heavy atom. The number of carbonyl (C=O) groups is 2. The molecule has 1 atom stereocenters. The fourth-order valence-corrected chi connectivity index (χ4v) is 3.28. The molecule has 0 aliphatic heterocycles. The Hall–Kier alpha value is -1.98. The van der Waals surface area contributed by atoms with Crippen molar-refractivity contribution in [3.8, 4) is 0 Å². The highest BCUT2D eigenvalue weighted by Gasteiger charge is 2.23. The van der Waals surface area contributed by atoms with Gasteiger partial charge >= 0.3 is 5.97 Å². The first-order chi connectivity index (χ1) is 13.7. The van der Waals surface area contributed by atoms with Gasteiger partial charge in [-0.05, 0) is 59.2 Å². The van der Waals surface area contributed by atoms with Crippen LogP contribution < -0.4 is 5.32 Å². The molecule has 4 nitrogen and oxygen atoms in total. The Kier molecular flexibility index (Phi) is 8.60. The van der Waals surface area contributed by atoms with Gasteiger partial charge in [0.05, 0.1) is 0 Å². The molecule has 0 unspecified atom stereocenters. The quantitative estimate of drug-likeness (QED) is 0.579. The van der Waals surface area contributed by atoms with Crippen molar-refractivity contribution in [2.75, 3.05) is 12.0 Å². The molecule has 0 saturated heterocycles. The summed E-state index contributed by atoms with van der Waals surface area (Å²) in [5.74, 6) is -0.0125. The van der Waals surface area contributed by atoms with Gasteiger partial charge in [-0.1, -0.05) is 56.6 Å². The van der Waals surface area contributed by atoms with Crippen molar-refractivity contribution in [1.82, 2.24) is 5.32 Å². The summed E-state index contributed by atoms with van der Waals surface area (Å²) in [6, 6.07) is 13.9. The lowest BCUT2D eigenvalue weighted by Gasteiger charge is -2.20. The number of rotatable bonds is 8. The molecular formula is C23H28ClNO3S. The van der Waals surface area contributed by atoms with Crippen molar-refractivity contribution in [2.24, 2.45) is 0 Å². The summed E-state index contributed by atoms with van der Waals surface area (Å²) >= 11 is 7.48. The molecule has 1 amide bonds. The molecule has 0 aliphatic carbocycles. The number of esters is 1. The van der Waals surface area contributed by atoms with Crippen LogP contribution in [0.15, 0.2) is 48.5 Å². The maximum atomic E-state index is 12.6. The monoisotopic (exact) mass is 433 g/mol. The summed E-state index contributed by atoms with van der Waals surface area (Å²) in [6.07, 6.45) is 2.46. The molecule has 0 aliphatic rings. The van der Waals surface area contributed by atoms with Crippen molar-refractivity contribution in [3.63, 3.8) is 0 Å². The molecule has 0 radical (unpaired) electrons. The van der Waals surface area contributed by atoms with Gasteiger partial charge in [0.15, 0.2) is 0 Å². The van der Waals surface area contributed by atoms with Gasteiger partial charge in [-0.3, -0.25) is 4.79 Å². The van der Waals surface area contributed by atoms with Gasteiger partial charge in [0, 0.05) is 10.6 Å². The lowest BCUT2D eigenvalue weighted by molar-refractivity contribution is -0.147. The van der Waals surface area contributed by atoms with E-state index in [-0.39, 0.29) is 17.9 Å². The van der Waals surface area contributed by atoms with Gasteiger partial charge in [-0.25, -0.2) is 4.79 Å². The Balaban J connectivity index is 1.98. The van der Waals surface area contributed by atoms with Crippen LogP contribution in [0, 0.1) is 0 Å². The first kappa shape index (κ1) is 23.3. The maximum Gasteiger partial charge on any atom is 0.329 e. The van der Waals surface area contributed by atoms with Crippen LogP contribution in [0.3, 0.4) is 0 Å².